The molecule has 1 aromatic heterocycles. The van der Waals surface area contributed by atoms with Crippen LogP contribution in [0.25, 0.3) is 10.9 Å². The van der Waals surface area contributed by atoms with Crippen LogP contribution in [0.1, 0.15) is 38.9 Å². The number of para-hydroxylation sites is 1. The van der Waals surface area contributed by atoms with E-state index in [2.05, 4.69) is 4.98 Å². The lowest BCUT2D eigenvalue weighted by Gasteiger charge is -2.35. The maximum Gasteiger partial charge on any atom is 0.366 e. The van der Waals surface area contributed by atoms with E-state index in [0.29, 0.717) is 25.1 Å². The first-order valence-electron chi connectivity index (χ1n) is 9.83. The molecule has 28 heavy (non-hydrogen) atoms. The fourth-order valence-electron chi connectivity index (χ4n) is 3.53. The van der Waals surface area contributed by atoms with Crippen molar-refractivity contribution >= 4 is 16.9 Å². The molecule has 1 aliphatic heterocycles. The monoisotopic (exact) mass is 388 g/mol. The van der Waals surface area contributed by atoms with Crippen LogP contribution < -0.4 is 5.56 Å². The Morgan fingerprint density at radius 3 is 2.68 bits per heavy atom. The van der Waals surface area contributed by atoms with Crippen LogP contribution >= 0.6 is 0 Å². The summed E-state index contributed by atoms with van der Waals surface area (Å²) < 4.78 is 17.7. The highest BCUT2D eigenvalue weighted by Crippen LogP contribution is 2.25. The zero-order valence-electron chi connectivity index (χ0n) is 16.8. The van der Waals surface area contributed by atoms with Crippen molar-refractivity contribution in [1.29, 1.82) is 0 Å². The van der Waals surface area contributed by atoms with Gasteiger partial charge in [0.05, 0.1) is 31.2 Å². The number of ether oxygens (including phenoxy) is 3. The fourth-order valence-corrected chi connectivity index (χ4v) is 3.53. The highest BCUT2D eigenvalue weighted by Gasteiger charge is 2.41. The summed E-state index contributed by atoms with van der Waals surface area (Å²) in [5, 5.41) is 0.663. The number of nitrogens with zero attached hydrogens (tertiary/aromatic N) is 2. The molecule has 0 N–H and O–H groups in total. The second-order valence-corrected chi connectivity index (χ2v) is 7.28. The summed E-state index contributed by atoms with van der Waals surface area (Å²) in [5.41, 5.74) is 0.784. The van der Waals surface area contributed by atoms with Gasteiger partial charge < -0.3 is 14.2 Å². The van der Waals surface area contributed by atoms with Crippen LogP contribution in [0.2, 0.25) is 0 Å². The molecule has 2 heterocycles. The second kappa shape index (κ2) is 8.84. The Bertz CT molecular complexity index is 884. The van der Waals surface area contributed by atoms with Crippen LogP contribution in [0.15, 0.2) is 29.1 Å². The van der Waals surface area contributed by atoms with Gasteiger partial charge in [0.1, 0.15) is 5.82 Å². The lowest BCUT2D eigenvalue weighted by molar-refractivity contribution is -0.272. The Morgan fingerprint density at radius 2 is 2.00 bits per heavy atom. The number of fused-ring (bicyclic) bond motifs is 1. The number of hydrogen-bond donors (Lipinski definition) is 0. The summed E-state index contributed by atoms with van der Waals surface area (Å²) in [4.78, 5) is 29.1. The molecule has 2 aromatic rings. The maximum absolute atomic E-state index is 12.8. The van der Waals surface area contributed by atoms with Gasteiger partial charge in [-0.15, -0.1) is 0 Å². The van der Waals surface area contributed by atoms with Gasteiger partial charge >= 0.3 is 5.97 Å². The molecule has 0 aliphatic carbocycles. The van der Waals surface area contributed by atoms with Gasteiger partial charge in [0, 0.05) is 25.8 Å². The van der Waals surface area contributed by atoms with Gasteiger partial charge in [0.25, 0.3) is 11.3 Å². The summed E-state index contributed by atoms with van der Waals surface area (Å²) in [6.45, 7) is 5.17. The lowest BCUT2D eigenvalue weighted by Crippen LogP contribution is -2.48. The number of aromatic nitrogens is 2. The van der Waals surface area contributed by atoms with E-state index in [4.69, 9.17) is 14.2 Å². The summed E-state index contributed by atoms with van der Waals surface area (Å²) in [6, 6.07) is 7.48. The van der Waals surface area contributed by atoms with Gasteiger partial charge in [-0.3, -0.25) is 9.36 Å². The highest BCUT2D eigenvalue weighted by atomic mass is 16.7. The van der Waals surface area contributed by atoms with E-state index in [-0.39, 0.29) is 11.5 Å². The molecule has 0 radical (unpaired) electrons. The third-order valence-electron chi connectivity index (χ3n) is 5.25. The average molecular weight is 388 g/mol. The van der Waals surface area contributed by atoms with Gasteiger partial charge in [0.15, 0.2) is 0 Å². The first-order valence-corrected chi connectivity index (χ1v) is 9.83. The minimum absolute atomic E-state index is 0.0284. The fraction of sp³-hybridized carbons (Fsp3) is 0.571. The molecule has 1 fully saturated rings. The molecule has 0 unspecified atom stereocenters. The van der Waals surface area contributed by atoms with Crippen molar-refractivity contribution in [2.75, 3.05) is 20.3 Å². The summed E-state index contributed by atoms with van der Waals surface area (Å²) >= 11 is 0. The molecular formula is C21H28N2O5. The topological polar surface area (TPSA) is 79.7 Å². The Hall–Kier alpha value is -2.25. The van der Waals surface area contributed by atoms with Crippen LogP contribution in [0.4, 0.5) is 0 Å². The predicted molar refractivity (Wildman–Crippen MR) is 105 cm³/mol. The van der Waals surface area contributed by atoms with E-state index in [1.54, 1.807) is 11.5 Å². The number of carbonyl (C=O) groups is 1. The van der Waals surface area contributed by atoms with Crippen molar-refractivity contribution in [1.82, 2.24) is 9.55 Å². The molecule has 3 rings (SSSR count). The molecule has 7 nitrogen and oxygen atoms in total. The third kappa shape index (κ3) is 4.25. The van der Waals surface area contributed by atoms with E-state index in [1.807, 2.05) is 31.2 Å². The standard InChI is InChI=1S/C21H28N2O5/c1-4-18-22-17-11-6-5-10-16(17)19(24)23(18)12-8-7-9-15-13-27-21(2,28-14-15)20(25)26-3/h5-6,10-11,15H,4,7-9,12-14H2,1-3H3. The van der Waals surface area contributed by atoms with Crippen molar-refractivity contribution < 1.29 is 19.0 Å². The smallest absolute Gasteiger partial charge is 0.366 e. The molecule has 1 aliphatic rings. The summed E-state index contributed by atoms with van der Waals surface area (Å²) in [6.07, 6.45) is 3.44. The van der Waals surface area contributed by atoms with Crippen LogP contribution in [0.5, 0.6) is 0 Å². The van der Waals surface area contributed by atoms with E-state index >= 15 is 0 Å². The highest BCUT2D eigenvalue weighted by molar-refractivity contribution is 5.77. The molecule has 0 amide bonds. The third-order valence-corrected chi connectivity index (χ3v) is 5.25. The van der Waals surface area contributed by atoms with E-state index < -0.39 is 11.8 Å². The average Bonchev–Trinajstić information content (AvgIpc) is 2.73. The number of unbranched alkanes of at least 4 members (excludes halogenated alkanes) is 1. The van der Waals surface area contributed by atoms with Crippen molar-refractivity contribution in [2.45, 2.75) is 51.9 Å². The number of carbonyl (C=O) groups excluding carboxylic acids is 1. The zero-order chi connectivity index (χ0) is 20.1. The van der Waals surface area contributed by atoms with Crippen LogP contribution in [0.3, 0.4) is 0 Å². The Kier molecular flexibility index (Phi) is 6.46. The maximum atomic E-state index is 12.8. The first kappa shape index (κ1) is 20.5. The van der Waals surface area contributed by atoms with Crippen molar-refractivity contribution in [3.63, 3.8) is 0 Å². The van der Waals surface area contributed by atoms with Gasteiger partial charge in [-0.1, -0.05) is 25.5 Å². The number of hydrogen-bond acceptors (Lipinski definition) is 6. The molecule has 0 saturated carbocycles. The lowest BCUT2D eigenvalue weighted by atomic mass is 10.0. The Balaban J connectivity index is 1.54. The number of methoxy groups -OCH3 is 1. The van der Waals surface area contributed by atoms with Crippen molar-refractivity contribution in [3.05, 3.63) is 40.4 Å². The van der Waals surface area contributed by atoms with Crippen LogP contribution in [-0.4, -0.2) is 41.6 Å². The quantitative estimate of drug-likeness (QED) is 0.536. The number of esters is 1. The molecule has 7 heteroatoms. The largest absolute Gasteiger partial charge is 0.465 e. The number of benzene rings is 1. The first-order chi connectivity index (χ1) is 13.5. The molecule has 1 saturated heterocycles. The minimum atomic E-state index is -1.30. The zero-order valence-corrected chi connectivity index (χ0v) is 16.8. The normalized spacial score (nSPS) is 22.3. The van der Waals surface area contributed by atoms with Gasteiger partial charge in [-0.2, -0.15) is 0 Å². The number of rotatable bonds is 7. The van der Waals surface area contributed by atoms with E-state index in [0.717, 1.165) is 37.0 Å². The molecule has 1 aromatic carbocycles. The van der Waals surface area contributed by atoms with Crippen LogP contribution in [0, 0.1) is 5.92 Å². The molecule has 0 atom stereocenters. The number of aryl methyl sites for hydroxylation is 1. The molecule has 152 valence electrons. The summed E-state index contributed by atoms with van der Waals surface area (Å²) in [7, 11) is 1.32. The minimum Gasteiger partial charge on any atom is -0.465 e. The van der Waals surface area contributed by atoms with Crippen molar-refractivity contribution in [3.8, 4) is 0 Å². The van der Waals surface area contributed by atoms with Crippen molar-refractivity contribution in [2.24, 2.45) is 5.92 Å². The van der Waals surface area contributed by atoms with Crippen LogP contribution in [-0.2, 0) is 32.0 Å². The van der Waals surface area contributed by atoms with E-state index in [9.17, 15) is 9.59 Å². The second-order valence-electron chi connectivity index (χ2n) is 7.28. The molecular weight excluding hydrogens is 360 g/mol. The van der Waals surface area contributed by atoms with Gasteiger partial charge in [0.2, 0.25) is 0 Å². The Morgan fingerprint density at radius 1 is 1.29 bits per heavy atom. The molecule has 0 bridgehead atoms. The van der Waals surface area contributed by atoms with Gasteiger partial charge in [-0.25, -0.2) is 9.78 Å². The molecule has 0 spiro atoms. The Labute approximate surface area is 164 Å². The van der Waals surface area contributed by atoms with Gasteiger partial charge in [-0.05, 0) is 25.0 Å². The predicted octanol–water partition coefficient (Wildman–Crippen LogP) is 2.68. The SMILES string of the molecule is CCc1nc2ccccc2c(=O)n1CCCCC1COC(C)(C(=O)OC)OC1. The van der Waals surface area contributed by atoms with E-state index in [1.165, 1.54) is 7.11 Å². The summed E-state index contributed by atoms with van der Waals surface area (Å²) in [5.74, 6) is -0.760.